The maximum absolute atomic E-state index is 14.3. The van der Waals surface area contributed by atoms with Gasteiger partial charge in [0, 0.05) is 22.9 Å². The van der Waals surface area contributed by atoms with Gasteiger partial charge in [-0.15, -0.1) is 0 Å². The zero-order chi connectivity index (χ0) is 24.2. The molecule has 176 valence electrons. The quantitative estimate of drug-likeness (QED) is 0.480. The summed E-state index contributed by atoms with van der Waals surface area (Å²) in [6.07, 6.45) is -4.58. The molecule has 0 saturated carbocycles. The Kier molecular flexibility index (Phi) is 7.04. The van der Waals surface area contributed by atoms with Crippen LogP contribution < -0.4 is 20.1 Å². The number of hydrogen-bond donors (Lipinski definition) is 2. The number of ether oxygens (including phenoxy) is 2. The van der Waals surface area contributed by atoms with Crippen LogP contribution in [0.5, 0.6) is 11.5 Å². The Balaban J connectivity index is 1.75. The van der Waals surface area contributed by atoms with Crippen LogP contribution in [0.15, 0.2) is 34.9 Å². The Bertz CT molecular complexity index is 1150. The highest BCUT2D eigenvalue weighted by Crippen LogP contribution is 2.31. The van der Waals surface area contributed by atoms with Crippen molar-refractivity contribution in [2.45, 2.75) is 19.6 Å². The molecule has 0 atom stereocenters. The van der Waals surface area contributed by atoms with Gasteiger partial charge in [0.15, 0.2) is 0 Å². The average Bonchev–Trinajstić information content (AvgIpc) is 3.26. The van der Waals surface area contributed by atoms with Crippen LogP contribution in [0.1, 0.15) is 21.8 Å². The first-order valence-electron chi connectivity index (χ1n) is 9.55. The van der Waals surface area contributed by atoms with Gasteiger partial charge in [-0.3, -0.25) is 4.79 Å². The molecule has 0 spiro atoms. The molecular formula is C21H20F4N4O4. The molecule has 2 aromatic carbocycles. The lowest BCUT2D eigenvalue weighted by Crippen LogP contribution is -2.33. The minimum absolute atomic E-state index is 0.0284. The fourth-order valence-electron chi connectivity index (χ4n) is 2.87. The van der Waals surface area contributed by atoms with E-state index in [0.717, 1.165) is 6.07 Å². The second-order valence-corrected chi connectivity index (χ2v) is 6.86. The summed E-state index contributed by atoms with van der Waals surface area (Å²) in [6, 6.07) is 7.17. The lowest BCUT2D eigenvalue weighted by molar-refractivity contribution is -0.123. The highest BCUT2D eigenvalue weighted by atomic mass is 19.4. The van der Waals surface area contributed by atoms with Crippen molar-refractivity contribution in [1.29, 1.82) is 0 Å². The van der Waals surface area contributed by atoms with Gasteiger partial charge in [0.1, 0.15) is 23.9 Å². The van der Waals surface area contributed by atoms with E-state index in [1.807, 2.05) is 0 Å². The number of carbonyl (C=O) groups excluding carboxylic acids is 1. The van der Waals surface area contributed by atoms with Crippen molar-refractivity contribution in [3.8, 4) is 22.9 Å². The van der Waals surface area contributed by atoms with Crippen molar-refractivity contribution in [2.24, 2.45) is 0 Å². The van der Waals surface area contributed by atoms with E-state index in [2.05, 4.69) is 15.5 Å². The SMILES string of the molecule is COc1ccc(-c2noc(CNc3cc(C(=O)NCC(F)(F)F)cc(F)c3C)n2)c(OC)c1. The summed E-state index contributed by atoms with van der Waals surface area (Å²) < 4.78 is 66.9. The number of nitrogens with one attached hydrogen (secondary N) is 2. The van der Waals surface area contributed by atoms with Crippen LogP contribution in [-0.2, 0) is 6.54 Å². The molecule has 0 aliphatic carbocycles. The Hall–Kier alpha value is -3.83. The molecule has 0 aliphatic rings. The molecule has 3 rings (SSSR count). The normalized spacial score (nSPS) is 11.2. The third kappa shape index (κ3) is 5.90. The predicted molar refractivity (Wildman–Crippen MR) is 110 cm³/mol. The third-order valence-electron chi connectivity index (χ3n) is 4.60. The van der Waals surface area contributed by atoms with Gasteiger partial charge in [-0.05, 0) is 31.2 Å². The Morgan fingerprint density at radius 2 is 1.91 bits per heavy atom. The van der Waals surface area contributed by atoms with Gasteiger partial charge in [-0.1, -0.05) is 5.16 Å². The molecule has 0 bridgehead atoms. The first-order chi connectivity index (χ1) is 15.6. The summed E-state index contributed by atoms with van der Waals surface area (Å²) in [7, 11) is 3.00. The Morgan fingerprint density at radius 1 is 1.15 bits per heavy atom. The number of nitrogens with zero attached hydrogens (tertiary/aromatic N) is 2. The molecular weight excluding hydrogens is 448 g/mol. The van der Waals surface area contributed by atoms with Crippen LogP contribution in [-0.4, -0.2) is 43.0 Å². The molecule has 8 nitrogen and oxygen atoms in total. The second-order valence-electron chi connectivity index (χ2n) is 6.86. The zero-order valence-corrected chi connectivity index (χ0v) is 17.8. The monoisotopic (exact) mass is 468 g/mol. The van der Waals surface area contributed by atoms with Gasteiger partial charge in [-0.25, -0.2) is 4.39 Å². The molecule has 1 heterocycles. The minimum Gasteiger partial charge on any atom is -0.497 e. The van der Waals surface area contributed by atoms with Crippen LogP contribution in [0.3, 0.4) is 0 Å². The first kappa shape index (κ1) is 23.8. The lowest BCUT2D eigenvalue weighted by atomic mass is 10.1. The van der Waals surface area contributed by atoms with Gasteiger partial charge in [-0.2, -0.15) is 18.2 Å². The van der Waals surface area contributed by atoms with Crippen molar-refractivity contribution >= 4 is 11.6 Å². The van der Waals surface area contributed by atoms with E-state index < -0.39 is 24.4 Å². The molecule has 12 heteroatoms. The third-order valence-corrected chi connectivity index (χ3v) is 4.60. The van der Waals surface area contributed by atoms with E-state index in [-0.39, 0.29) is 35.1 Å². The fourth-order valence-corrected chi connectivity index (χ4v) is 2.87. The van der Waals surface area contributed by atoms with Gasteiger partial charge < -0.3 is 24.6 Å². The van der Waals surface area contributed by atoms with Gasteiger partial charge in [0.25, 0.3) is 5.91 Å². The minimum atomic E-state index is -4.58. The van der Waals surface area contributed by atoms with E-state index >= 15 is 0 Å². The number of anilines is 1. The molecule has 0 unspecified atom stereocenters. The number of aromatic nitrogens is 2. The van der Waals surface area contributed by atoms with E-state index in [9.17, 15) is 22.4 Å². The number of carbonyl (C=O) groups is 1. The zero-order valence-electron chi connectivity index (χ0n) is 17.8. The lowest BCUT2D eigenvalue weighted by Gasteiger charge is -2.12. The molecule has 33 heavy (non-hydrogen) atoms. The van der Waals surface area contributed by atoms with Crippen molar-refractivity contribution in [3.05, 3.63) is 53.2 Å². The van der Waals surface area contributed by atoms with Crippen molar-refractivity contribution < 1.29 is 36.4 Å². The highest BCUT2D eigenvalue weighted by Gasteiger charge is 2.28. The summed E-state index contributed by atoms with van der Waals surface area (Å²) in [4.78, 5) is 16.2. The topological polar surface area (TPSA) is 98.5 Å². The van der Waals surface area contributed by atoms with E-state index in [1.165, 1.54) is 27.2 Å². The van der Waals surface area contributed by atoms with Crippen LogP contribution in [0.2, 0.25) is 0 Å². The van der Waals surface area contributed by atoms with Crippen LogP contribution >= 0.6 is 0 Å². The summed E-state index contributed by atoms with van der Waals surface area (Å²) in [5.41, 5.74) is 0.644. The largest absolute Gasteiger partial charge is 0.497 e. The number of benzene rings is 2. The standard InChI is InChI=1S/C21H20F4N4O4/c1-11-15(22)6-12(20(30)27-10-21(23,24)25)7-16(11)26-9-18-28-19(29-33-18)14-5-4-13(31-2)8-17(14)32-3/h4-8,26H,9-10H2,1-3H3,(H,27,30). The summed E-state index contributed by atoms with van der Waals surface area (Å²) >= 11 is 0. The van der Waals surface area contributed by atoms with Crippen LogP contribution in [0, 0.1) is 12.7 Å². The van der Waals surface area contributed by atoms with E-state index in [1.54, 1.807) is 23.5 Å². The van der Waals surface area contributed by atoms with Gasteiger partial charge >= 0.3 is 6.18 Å². The maximum atomic E-state index is 14.3. The van der Waals surface area contributed by atoms with Crippen LogP contribution in [0.4, 0.5) is 23.2 Å². The molecule has 3 aromatic rings. The van der Waals surface area contributed by atoms with Gasteiger partial charge in [0.2, 0.25) is 11.7 Å². The molecule has 0 saturated heterocycles. The van der Waals surface area contributed by atoms with Gasteiger partial charge in [0.05, 0.1) is 26.3 Å². The highest BCUT2D eigenvalue weighted by molar-refractivity contribution is 5.95. The first-order valence-corrected chi connectivity index (χ1v) is 9.55. The number of rotatable bonds is 8. The number of amides is 1. The second kappa shape index (κ2) is 9.76. The molecule has 0 aliphatic heterocycles. The van der Waals surface area contributed by atoms with Crippen molar-refractivity contribution in [2.75, 3.05) is 26.1 Å². The number of halogens is 4. The molecule has 0 fully saturated rings. The Morgan fingerprint density at radius 3 is 2.58 bits per heavy atom. The van der Waals surface area contributed by atoms with E-state index in [0.29, 0.717) is 17.1 Å². The fraction of sp³-hybridized carbons (Fsp3) is 0.286. The Labute approximate surface area is 185 Å². The summed E-state index contributed by atoms with van der Waals surface area (Å²) in [5, 5.41) is 8.47. The van der Waals surface area contributed by atoms with Crippen molar-refractivity contribution in [3.63, 3.8) is 0 Å². The molecule has 0 radical (unpaired) electrons. The number of hydrogen-bond acceptors (Lipinski definition) is 7. The summed E-state index contributed by atoms with van der Waals surface area (Å²) in [5.74, 6) is -0.376. The average molecular weight is 468 g/mol. The van der Waals surface area contributed by atoms with Crippen molar-refractivity contribution in [1.82, 2.24) is 15.5 Å². The summed E-state index contributed by atoms with van der Waals surface area (Å²) in [6.45, 7) is -0.0976. The predicted octanol–water partition coefficient (Wildman–Crippen LogP) is 4.11. The number of methoxy groups -OCH3 is 2. The molecule has 1 aromatic heterocycles. The number of alkyl halides is 3. The smallest absolute Gasteiger partial charge is 0.405 e. The van der Waals surface area contributed by atoms with E-state index in [4.69, 9.17) is 14.0 Å². The van der Waals surface area contributed by atoms with Crippen LogP contribution in [0.25, 0.3) is 11.4 Å². The molecule has 2 N–H and O–H groups in total. The molecule has 1 amide bonds. The maximum Gasteiger partial charge on any atom is 0.405 e.